The van der Waals surface area contributed by atoms with Gasteiger partial charge in [-0.25, -0.2) is 8.77 Å². The number of H-pyrrole nitrogens is 1. The number of ether oxygens (including phenoxy) is 1. The molecular formula is C9H11IN2O7S. The van der Waals surface area contributed by atoms with Crippen LogP contribution >= 0.6 is 34.5 Å². The molecule has 1 unspecified atom stereocenters. The lowest BCUT2D eigenvalue weighted by Crippen LogP contribution is -2.47. The maximum Gasteiger partial charge on any atom is 0.338 e. The molecule has 1 aliphatic rings. The second-order valence-corrected chi connectivity index (χ2v) is 6.45. The molecule has 0 aromatic carbocycles. The van der Waals surface area contributed by atoms with E-state index in [-0.39, 0.29) is 3.57 Å². The first-order chi connectivity index (χ1) is 9.29. The fraction of sp³-hybridized carbons (Fsp3) is 0.556. The Bertz CT molecular complexity index is 619. The standard InChI is InChI=1S/C9H11IN2O7S/c10-3-1-12(8(17)11-6(3)15)20-9(18)5(14)4(2-13)19-7(9)16/h1,4-5,7,13-14,16,18H,2H2,(H,11,15,17)/t4-,5-,7?,9+/m1/s1. The van der Waals surface area contributed by atoms with Crippen molar-refractivity contribution in [3.05, 3.63) is 30.6 Å². The summed E-state index contributed by atoms with van der Waals surface area (Å²) >= 11 is 2.07. The van der Waals surface area contributed by atoms with Gasteiger partial charge in [0, 0.05) is 18.1 Å². The van der Waals surface area contributed by atoms with E-state index in [0.29, 0.717) is 11.9 Å². The van der Waals surface area contributed by atoms with Crippen LogP contribution in [0.1, 0.15) is 0 Å². The Kier molecular flexibility index (Phi) is 4.58. The van der Waals surface area contributed by atoms with E-state index in [2.05, 4.69) is 0 Å². The highest BCUT2D eigenvalue weighted by Crippen LogP contribution is 2.39. The van der Waals surface area contributed by atoms with Crippen molar-refractivity contribution in [1.29, 1.82) is 0 Å². The summed E-state index contributed by atoms with van der Waals surface area (Å²) in [5.74, 6) is 0. The van der Waals surface area contributed by atoms with Crippen LogP contribution in [0.3, 0.4) is 0 Å². The van der Waals surface area contributed by atoms with Crippen LogP contribution in [-0.4, -0.2) is 59.4 Å². The van der Waals surface area contributed by atoms with Crippen LogP contribution in [-0.2, 0) is 4.74 Å². The predicted octanol–water partition coefficient (Wildman–Crippen LogP) is -2.60. The summed E-state index contributed by atoms with van der Waals surface area (Å²) in [6, 6.07) is 0. The average Bonchev–Trinajstić information content (AvgIpc) is 2.60. The molecule has 20 heavy (non-hydrogen) atoms. The number of aliphatic hydroxyl groups excluding tert-OH is 3. The SMILES string of the molecule is O=c1[nH]c(=O)n(S[C@]2(O)C(O)O[C@H](CO)[C@H]2O)cc1I. The van der Waals surface area contributed by atoms with Crippen molar-refractivity contribution in [2.75, 3.05) is 6.61 Å². The van der Waals surface area contributed by atoms with E-state index in [1.807, 2.05) is 4.98 Å². The van der Waals surface area contributed by atoms with Crippen molar-refractivity contribution in [2.24, 2.45) is 0 Å². The maximum absolute atomic E-state index is 11.6. The van der Waals surface area contributed by atoms with Gasteiger partial charge in [0.2, 0.25) is 4.93 Å². The number of nitrogens with zero attached hydrogens (tertiary/aromatic N) is 1. The van der Waals surface area contributed by atoms with E-state index < -0.39 is 41.3 Å². The molecule has 4 atom stereocenters. The molecular weight excluding hydrogens is 407 g/mol. The molecule has 0 radical (unpaired) electrons. The van der Waals surface area contributed by atoms with Crippen molar-refractivity contribution in [3.63, 3.8) is 0 Å². The monoisotopic (exact) mass is 418 g/mol. The lowest BCUT2D eigenvalue weighted by atomic mass is 10.1. The molecule has 0 saturated carbocycles. The van der Waals surface area contributed by atoms with Gasteiger partial charge in [0.15, 0.2) is 6.29 Å². The van der Waals surface area contributed by atoms with Crippen LogP contribution in [0, 0.1) is 3.57 Å². The first kappa shape index (κ1) is 15.9. The summed E-state index contributed by atoms with van der Waals surface area (Å²) in [6.07, 6.45) is -3.46. The van der Waals surface area contributed by atoms with Gasteiger partial charge in [0.1, 0.15) is 12.2 Å². The third-order valence-corrected chi connectivity index (χ3v) is 4.70. The summed E-state index contributed by atoms with van der Waals surface area (Å²) in [6.45, 7) is -0.612. The van der Waals surface area contributed by atoms with Gasteiger partial charge in [-0.1, -0.05) is 0 Å². The Labute approximate surface area is 129 Å². The highest BCUT2D eigenvalue weighted by Gasteiger charge is 2.56. The Hall–Kier alpha value is -0.440. The van der Waals surface area contributed by atoms with Gasteiger partial charge in [-0.05, 0) is 22.6 Å². The number of rotatable bonds is 3. The Morgan fingerprint density at radius 3 is 2.70 bits per heavy atom. The van der Waals surface area contributed by atoms with Crippen LogP contribution in [0.25, 0.3) is 0 Å². The molecule has 1 aromatic heterocycles. The second-order valence-electron chi connectivity index (χ2n) is 4.06. The van der Waals surface area contributed by atoms with Crippen molar-refractivity contribution >= 4 is 34.5 Å². The van der Waals surface area contributed by atoms with Gasteiger partial charge in [-0.3, -0.25) is 9.78 Å². The second kappa shape index (κ2) is 5.75. The highest BCUT2D eigenvalue weighted by atomic mass is 127. The third kappa shape index (κ3) is 2.66. The van der Waals surface area contributed by atoms with Crippen LogP contribution in [0.5, 0.6) is 0 Å². The zero-order valence-electron chi connectivity index (χ0n) is 9.76. The van der Waals surface area contributed by atoms with Crippen molar-refractivity contribution in [2.45, 2.75) is 23.4 Å². The zero-order chi connectivity index (χ0) is 15.1. The number of aromatic amines is 1. The summed E-state index contributed by atoms with van der Waals surface area (Å²) in [7, 11) is 0. The first-order valence-corrected chi connectivity index (χ1v) is 7.20. The third-order valence-electron chi connectivity index (χ3n) is 2.73. The van der Waals surface area contributed by atoms with Gasteiger partial charge in [0.05, 0.1) is 10.2 Å². The predicted molar refractivity (Wildman–Crippen MR) is 76.0 cm³/mol. The molecule has 1 fully saturated rings. The molecule has 0 amide bonds. The van der Waals surface area contributed by atoms with Gasteiger partial charge in [-0.2, -0.15) is 0 Å². The fourth-order valence-corrected chi connectivity index (χ4v) is 3.26. The van der Waals surface area contributed by atoms with Gasteiger partial charge in [0.25, 0.3) is 5.56 Å². The zero-order valence-corrected chi connectivity index (χ0v) is 12.7. The lowest BCUT2D eigenvalue weighted by molar-refractivity contribution is -0.143. The Balaban J connectivity index is 2.36. The molecule has 112 valence electrons. The molecule has 2 rings (SSSR count). The normalized spacial score (nSPS) is 33.5. The van der Waals surface area contributed by atoms with E-state index >= 15 is 0 Å². The Morgan fingerprint density at radius 1 is 1.50 bits per heavy atom. The van der Waals surface area contributed by atoms with Crippen molar-refractivity contribution in [1.82, 2.24) is 8.96 Å². The first-order valence-electron chi connectivity index (χ1n) is 5.35. The van der Waals surface area contributed by atoms with E-state index in [1.54, 1.807) is 22.6 Å². The molecule has 11 heteroatoms. The van der Waals surface area contributed by atoms with Crippen LogP contribution in [0.15, 0.2) is 15.8 Å². The number of aliphatic hydroxyl groups is 4. The molecule has 0 spiro atoms. The summed E-state index contributed by atoms with van der Waals surface area (Å²) in [5.41, 5.74) is -1.42. The fourth-order valence-electron chi connectivity index (χ4n) is 1.65. The molecule has 5 N–H and O–H groups in total. The Morgan fingerprint density at radius 2 is 2.15 bits per heavy atom. The van der Waals surface area contributed by atoms with Crippen molar-refractivity contribution < 1.29 is 25.2 Å². The highest BCUT2D eigenvalue weighted by molar-refractivity contribution is 14.1. The molecule has 9 nitrogen and oxygen atoms in total. The maximum atomic E-state index is 11.6. The summed E-state index contributed by atoms with van der Waals surface area (Å²) in [5, 5.41) is 38.7. The smallest absolute Gasteiger partial charge is 0.338 e. The number of nitrogens with one attached hydrogen (secondary N) is 1. The molecule has 2 heterocycles. The van der Waals surface area contributed by atoms with Crippen molar-refractivity contribution in [3.8, 4) is 0 Å². The molecule has 1 saturated heterocycles. The van der Waals surface area contributed by atoms with E-state index in [0.717, 1.165) is 10.2 Å². The van der Waals surface area contributed by atoms with Crippen LogP contribution in [0.4, 0.5) is 0 Å². The quantitative estimate of drug-likeness (QED) is 0.266. The van der Waals surface area contributed by atoms with E-state index in [9.17, 15) is 24.9 Å². The average molecular weight is 418 g/mol. The molecule has 1 aliphatic heterocycles. The van der Waals surface area contributed by atoms with Crippen LogP contribution in [0.2, 0.25) is 0 Å². The molecule has 0 aliphatic carbocycles. The van der Waals surface area contributed by atoms with Crippen LogP contribution < -0.4 is 11.2 Å². The molecule has 1 aromatic rings. The minimum Gasteiger partial charge on any atom is -0.394 e. The minimum atomic E-state index is -2.25. The number of aromatic nitrogens is 2. The largest absolute Gasteiger partial charge is 0.394 e. The lowest BCUT2D eigenvalue weighted by Gasteiger charge is -2.27. The summed E-state index contributed by atoms with van der Waals surface area (Å²) < 4.78 is 5.84. The van der Waals surface area contributed by atoms with E-state index in [1.165, 1.54) is 0 Å². The molecule has 0 bridgehead atoms. The topological polar surface area (TPSA) is 145 Å². The van der Waals surface area contributed by atoms with Gasteiger partial charge >= 0.3 is 5.69 Å². The van der Waals surface area contributed by atoms with Gasteiger partial charge in [-0.15, -0.1) is 0 Å². The number of hydrogen-bond donors (Lipinski definition) is 5. The number of hydrogen-bond acceptors (Lipinski definition) is 8. The van der Waals surface area contributed by atoms with E-state index in [4.69, 9.17) is 9.84 Å². The van der Waals surface area contributed by atoms with Gasteiger partial charge < -0.3 is 25.2 Å². The number of halogens is 1. The minimum absolute atomic E-state index is 0.180. The summed E-state index contributed by atoms with van der Waals surface area (Å²) in [4.78, 5) is 22.6.